The van der Waals surface area contributed by atoms with Crippen LogP contribution >= 0.6 is 11.8 Å². The van der Waals surface area contributed by atoms with Crippen molar-refractivity contribution in [3.05, 3.63) is 52.0 Å². The number of thioether (sulfide) groups is 1. The highest BCUT2D eigenvalue weighted by Crippen LogP contribution is 2.40. The molecule has 2 N–H and O–H groups in total. The van der Waals surface area contributed by atoms with Gasteiger partial charge in [-0.3, -0.25) is 9.59 Å². The number of aromatic nitrogens is 3. The van der Waals surface area contributed by atoms with Gasteiger partial charge < -0.3 is 19.8 Å². The minimum Gasteiger partial charge on any atom is -0.349 e. The van der Waals surface area contributed by atoms with Crippen LogP contribution in [0.2, 0.25) is 0 Å². The average Bonchev–Trinajstić information content (AvgIpc) is 3.13. The first-order chi connectivity index (χ1) is 13.6. The summed E-state index contributed by atoms with van der Waals surface area (Å²) in [6.45, 7) is 5.31. The van der Waals surface area contributed by atoms with E-state index in [0.717, 1.165) is 37.5 Å². The smallest absolute Gasteiger partial charge is 0.269 e. The van der Waals surface area contributed by atoms with Gasteiger partial charge >= 0.3 is 0 Å². The van der Waals surface area contributed by atoms with Crippen molar-refractivity contribution in [1.29, 1.82) is 0 Å². The van der Waals surface area contributed by atoms with E-state index in [0.29, 0.717) is 29.9 Å². The number of likely N-dealkylation sites (tertiary alicyclic amines) is 1. The first kappa shape index (κ1) is 19.3. The summed E-state index contributed by atoms with van der Waals surface area (Å²) in [6.07, 6.45) is 4.75. The van der Waals surface area contributed by atoms with Crippen LogP contribution in [0.25, 0.3) is 0 Å². The summed E-state index contributed by atoms with van der Waals surface area (Å²) < 4.78 is 1.93. The molecule has 7 nitrogen and oxygen atoms in total. The van der Waals surface area contributed by atoms with Gasteiger partial charge in [0.2, 0.25) is 0 Å². The van der Waals surface area contributed by atoms with E-state index in [1.54, 1.807) is 12.3 Å². The molecule has 2 aliphatic rings. The molecule has 0 aliphatic carbocycles. The van der Waals surface area contributed by atoms with Gasteiger partial charge in [0, 0.05) is 49.6 Å². The summed E-state index contributed by atoms with van der Waals surface area (Å²) in [4.78, 5) is 34.8. The molecule has 8 heteroatoms. The molecule has 1 fully saturated rings. The molecule has 150 valence electrons. The van der Waals surface area contributed by atoms with Gasteiger partial charge in [0.05, 0.1) is 12.2 Å². The van der Waals surface area contributed by atoms with Crippen LogP contribution in [0.3, 0.4) is 0 Å². The van der Waals surface area contributed by atoms with Crippen molar-refractivity contribution in [2.75, 3.05) is 38.2 Å². The number of nitrogens with one attached hydrogen (secondary N) is 2. The van der Waals surface area contributed by atoms with E-state index in [1.165, 1.54) is 0 Å². The number of H-pyrrole nitrogens is 1. The molecule has 4 rings (SSSR count). The Labute approximate surface area is 168 Å². The summed E-state index contributed by atoms with van der Waals surface area (Å²) in [5, 5.41) is 3.02. The quantitative estimate of drug-likeness (QED) is 0.769. The number of hydrogen-bond acceptors (Lipinski definition) is 5. The molecule has 2 aliphatic heterocycles. The maximum Gasteiger partial charge on any atom is 0.269 e. The van der Waals surface area contributed by atoms with Crippen LogP contribution in [0, 0.1) is 12.8 Å². The standard InChI is InChI=1S/C20H27N5O2S/c1-13-21-9-16(23-13)20(27)22-10-18-15-8-14(11-24(12-15)6-7-28-2)17-4-3-5-19(26)25(17)18/h3-5,9,14-15,18H,6-8,10-12H2,1-2H3,(H,21,23)(H,22,27)/t14-,15+,18+/m1/s1. The number of nitrogens with zero attached hydrogens (tertiary/aromatic N) is 3. The third-order valence-electron chi connectivity index (χ3n) is 5.90. The molecule has 1 saturated heterocycles. The maximum atomic E-state index is 12.7. The Morgan fingerprint density at radius 1 is 1.39 bits per heavy atom. The van der Waals surface area contributed by atoms with E-state index >= 15 is 0 Å². The molecule has 2 aromatic heterocycles. The number of piperidine rings is 1. The van der Waals surface area contributed by atoms with E-state index in [-0.39, 0.29) is 17.5 Å². The predicted molar refractivity (Wildman–Crippen MR) is 111 cm³/mol. The summed E-state index contributed by atoms with van der Waals surface area (Å²) in [7, 11) is 0. The number of imidazole rings is 1. The van der Waals surface area contributed by atoms with Crippen LogP contribution in [0.5, 0.6) is 0 Å². The van der Waals surface area contributed by atoms with Crippen molar-refractivity contribution < 1.29 is 4.79 Å². The highest BCUT2D eigenvalue weighted by molar-refractivity contribution is 7.98. The Morgan fingerprint density at radius 2 is 2.25 bits per heavy atom. The Balaban J connectivity index is 1.57. The van der Waals surface area contributed by atoms with Crippen LogP contribution in [0.1, 0.15) is 40.4 Å². The highest BCUT2D eigenvalue weighted by Gasteiger charge is 2.40. The molecule has 0 aromatic carbocycles. The van der Waals surface area contributed by atoms with Gasteiger partial charge in [-0.05, 0) is 31.6 Å². The Hall–Kier alpha value is -2.06. The SMILES string of the molecule is CSCCN1C[C@H]2C[C@@H](C1)[C@H](CNC(=O)c1cnc(C)[nH]1)n1c2cccc1=O. The summed E-state index contributed by atoms with van der Waals surface area (Å²) in [5.41, 5.74) is 1.59. The lowest BCUT2D eigenvalue weighted by Gasteiger charge is -2.47. The van der Waals surface area contributed by atoms with Crippen LogP contribution in [0.4, 0.5) is 0 Å². The average molecular weight is 402 g/mol. The lowest BCUT2D eigenvalue weighted by Crippen LogP contribution is -2.52. The van der Waals surface area contributed by atoms with Crippen molar-refractivity contribution >= 4 is 17.7 Å². The van der Waals surface area contributed by atoms with Gasteiger partial charge in [0.25, 0.3) is 11.5 Å². The number of rotatable bonds is 6. The Kier molecular flexibility index (Phi) is 5.59. The Morgan fingerprint density at radius 3 is 3.00 bits per heavy atom. The van der Waals surface area contributed by atoms with Crippen LogP contribution < -0.4 is 10.9 Å². The molecule has 0 radical (unpaired) electrons. The second-order valence-corrected chi connectivity index (χ2v) is 8.75. The minimum absolute atomic E-state index is 0.0232. The molecule has 0 saturated carbocycles. The number of aryl methyl sites for hydroxylation is 1. The fourth-order valence-corrected chi connectivity index (χ4v) is 5.07. The highest BCUT2D eigenvalue weighted by atomic mass is 32.2. The lowest BCUT2D eigenvalue weighted by atomic mass is 9.78. The molecule has 2 aromatic rings. The molecule has 2 bridgehead atoms. The van der Waals surface area contributed by atoms with Crippen molar-refractivity contribution in [3.8, 4) is 0 Å². The second kappa shape index (κ2) is 8.13. The largest absolute Gasteiger partial charge is 0.349 e. The monoisotopic (exact) mass is 401 g/mol. The summed E-state index contributed by atoms with van der Waals surface area (Å²) in [5.74, 6) is 2.39. The minimum atomic E-state index is -0.177. The topological polar surface area (TPSA) is 83.0 Å². The zero-order valence-electron chi connectivity index (χ0n) is 16.4. The van der Waals surface area contributed by atoms with Crippen LogP contribution in [0.15, 0.2) is 29.2 Å². The van der Waals surface area contributed by atoms with Crippen molar-refractivity contribution in [3.63, 3.8) is 0 Å². The van der Waals surface area contributed by atoms with E-state index in [2.05, 4.69) is 32.5 Å². The summed E-state index contributed by atoms with van der Waals surface area (Å²) in [6, 6.07) is 5.54. The molecular formula is C20H27N5O2S. The van der Waals surface area contributed by atoms with Gasteiger partial charge in [-0.2, -0.15) is 11.8 Å². The normalized spacial score (nSPS) is 24.0. The number of carbonyl (C=O) groups excluding carboxylic acids is 1. The van der Waals surface area contributed by atoms with Crippen molar-refractivity contribution in [1.82, 2.24) is 24.8 Å². The second-order valence-electron chi connectivity index (χ2n) is 7.76. The zero-order valence-corrected chi connectivity index (χ0v) is 17.2. The number of aromatic amines is 1. The fraction of sp³-hybridized carbons (Fsp3) is 0.550. The van der Waals surface area contributed by atoms with E-state index in [1.807, 2.05) is 29.3 Å². The first-order valence-electron chi connectivity index (χ1n) is 9.79. The van der Waals surface area contributed by atoms with E-state index in [4.69, 9.17) is 0 Å². The molecule has 3 atom stereocenters. The van der Waals surface area contributed by atoms with E-state index in [9.17, 15) is 9.59 Å². The number of pyridine rings is 1. The predicted octanol–water partition coefficient (Wildman–Crippen LogP) is 1.63. The van der Waals surface area contributed by atoms with Crippen LogP contribution in [-0.4, -0.2) is 63.5 Å². The third-order valence-corrected chi connectivity index (χ3v) is 6.50. The molecule has 1 amide bonds. The number of amides is 1. The number of hydrogen-bond donors (Lipinski definition) is 2. The third kappa shape index (κ3) is 3.75. The van der Waals surface area contributed by atoms with Crippen molar-refractivity contribution in [2.45, 2.75) is 25.3 Å². The van der Waals surface area contributed by atoms with Gasteiger partial charge in [-0.1, -0.05) is 6.07 Å². The van der Waals surface area contributed by atoms with Gasteiger partial charge in [-0.15, -0.1) is 0 Å². The van der Waals surface area contributed by atoms with Gasteiger partial charge in [0.15, 0.2) is 0 Å². The number of carbonyl (C=O) groups is 1. The Bertz CT molecular complexity index is 908. The maximum absolute atomic E-state index is 12.7. The number of fused-ring (bicyclic) bond motifs is 4. The molecule has 0 unspecified atom stereocenters. The molecule has 0 spiro atoms. The van der Waals surface area contributed by atoms with E-state index < -0.39 is 0 Å². The summed E-state index contributed by atoms with van der Waals surface area (Å²) >= 11 is 1.86. The molecule has 4 heterocycles. The molecular weight excluding hydrogens is 374 g/mol. The first-order valence-corrected chi connectivity index (χ1v) is 11.2. The zero-order chi connectivity index (χ0) is 19.7. The van der Waals surface area contributed by atoms with Crippen molar-refractivity contribution in [2.24, 2.45) is 5.92 Å². The van der Waals surface area contributed by atoms with Gasteiger partial charge in [-0.25, -0.2) is 4.98 Å². The van der Waals surface area contributed by atoms with Crippen LogP contribution in [-0.2, 0) is 0 Å². The lowest BCUT2D eigenvalue weighted by molar-refractivity contribution is 0.0840. The fourth-order valence-electron chi connectivity index (χ4n) is 4.63. The van der Waals surface area contributed by atoms with Gasteiger partial charge in [0.1, 0.15) is 11.5 Å². The molecule has 28 heavy (non-hydrogen) atoms.